The van der Waals surface area contributed by atoms with Crippen LogP contribution < -0.4 is 4.74 Å². The molecule has 0 N–H and O–H groups in total. The van der Waals surface area contributed by atoms with Gasteiger partial charge in [0.15, 0.2) is 11.0 Å². The number of benzene rings is 2. The van der Waals surface area contributed by atoms with Gasteiger partial charge in [-0.3, -0.25) is 9.36 Å². The first-order valence-corrected chi connectivity index (χ1v) is 9.33. The number of rotatable bonds is 6. The monoisotopic (exact) mass is 383 g/mol. The molecule has 0 aliphatic carbocycles. The molecule has 0 saturated heterocycles. The van der Waals surface area contributed by atoms with Crippen molar-refractivity contribution in [2.24, 2.45) is 0 Å². The van der Waals surface area contributed by atoms with Crippen LogP contribution in [0, 0.1) is 6.92 Å². The zero-order valence-corrected chi connectivity index (χ0v) is 16.5. The molecule has 0 aliphatic rings. The smallest absolute Gasteiger partial charge is 0.318 e. The summed E-state index contributed by atoms with van der Waals surface area (Å²) in [5, 5.41) is 8.93. The number of methoxy groups -OCH3 is 2. The van der Waals surface area contributed by atoms with Crippen molar-refractivity contribution in [3.63, 3.8) is 0 Å². The van der Waals surface area contributed by atoms with Gasteiger partial charge < -0.3 is 9.47 Å². The Bertz CT molecular complexity index is 938. The molecule has 1 atom stereocenters. The van der Waals surface area contributed by atoms with Crippen LogP contribution in [0.15, 0.2) is 53.7 Å². The number of aryl methyl sites for hydroxylation is 1. The van der Waals surface area contributed by atoms with Gasteiger partial charge in [0.25, 0.3) is 0 Å². The minimum atomic E-state index is -0.401. The fraction of sp³-hybridized carbons (Fsp3) is 0.250. The van der Waals surface area contributed by atoms with Crippen LogP contribution in [-0.2, 0) is 9.53 Å². The third-order valence-electron chi connectivity index (χ3n) is 4.07. The molecule has 1 heterocycles. The van der Waals surface area contributed by atoms with Crippen LogP contribution in [0.4, 0.5) is 0 Å². The lowest BCUT2D eigenvalue weighted by Crippen LogP contribution is -2.15. The Kier molecular flexibility index (Phi) is 5.81. The number of esters is 1. The van der Waals surface area contributed by atoms with Crippen LogP contribution >= 0.6 is 11.8 Å². The maximum Gasteiger partial charge on any atom is 0.318 e. The lowest BCUT2D eigenvalue weighted by molar-refractivity contribution is -0.139. The van der Waals surface area contributed by atoms with E-state index in [1.54, 1.807) is 14.0 Å². The van der Waals surface area contributed by atoms with Crippen molar-refractivity contribution < 1.29 is 14.3 Å². The highest BCUT2D eigenvalue weighted by Gasteiger charge is 2.22. The largest absolute Gasteiger partial charge is 0.497 e. The lowest BCUT2D eigenvalue weighted by atomic mass is 10.2. The molecule has 0 fully saturated rings. The van der Waals surface area contributed by atoms with Gasteiger partial charge in [-0.05, 0) is 38.1 Å². The predicted molar refractivity (Wildman–Crippen MR) is 105 cm³/mol. The average molecular weight is 383 g/mol. The zero-order valence-electron chi connectivity index (χ0n) is 15.7. The van der Waals surface area contributed by atoms with Gasteiger partial charge in [-0.1, -0.05) is 41.6 Å². The quantitative estimate of drug-likeness (QED) is 0.475. The first-order chi connectivity index (χ1) is 13.0. The van der Waals surface area contributed by atoms with Crippen LogP contribution in [0.2, 0.25) is 0 Å². The minimum absolute atomic E-state index is 0.304. The van der Waals surface area contributed by atoms with Crippen molar-refractivity contribution in [2.45, 2.75) is 24.3 Å². The molecule has 27 heavy (non-hydrogen) atoms. The maximum absolute atomic E-state index is 11.9. The van der Waals surface area contributed by atoms with Gasteiger partial charge in [0, 0.05) is 11.3 Å². The topological polar surface area (TPSA) is 66.2 Å². The number of carbonyl (C=O) groups excluding carboxylic acids is 1. The van der Waals surface area contributed by atoms with Crippen molar-refractivity contribution >= 4 is 17.7 Å². The Balaban J connectivity index is 2.10. The molecule has 1 aromatic heterocycles. The van der Waals surface area contributed by atoms with Crippen LogP contribution in [0.1, 0.15) is 12.5 Å². The Labute approximate surface area is 162 Å². The highest BCUT2D eigenvalue weighted by molar-refractivity contribution is 8.00. The molecule has 2 aromatic carbocycles. The summed E-state index contributed by atoms with van der Waals surface area (Å²) in [4.78, 5) is 11.9. The van der Waals surface area contributed by atoms with Gasteiger partial charge in [-0.25, -0.2) is 0 Å². The molecule has 0 amide bonds. The summed E-state index contributed by atoms with van der Waals surface area (Å²) >= 11 is 1.31. The van der Waals surface area contributed by atoms with Gasteiger partial charge in [0.1, 0.15) is 11.0 Å². The third-order valence-corrected chi connectivity index (χ3v) is 5.09. The minimum Gasteiger partial charge on any atom is -0.497 e. The second-order valence-corrected chi connectivity index (χ2v) is 7.30. The summed E-state index contributed by atoms with van der Waals surface area (Å²) in [5.74, 6) is 1.11. The summed E-state index contributed by atoms with van der Waals surface area (Å²) in [6, 6.07) is 15.7. The van der Waals surface area contributed by atoms with Gasteiger partial charge >= 0.3 is 5.97 Å². The first-order valence-electron chi connectivity index (χ1n) is 8.45. The number of ether oxygens (including phenoxy) is 2. The average Bonchev–Trinajstić information content (AvgIpc) is 3.11. The van der Waals surface area contributed by atoms with E-state index < -0.39 is 5.25 Å². The SMILES string of the molecule is COC(=O)[C@@H](C)Sc1nnc(-c2cccc(OC)c2)n1-c1ccc(C)cc1. The standard InChI is InChI=1S/C20H21N3O3S/c1-13-8-10-16(11-9-13)23-18(15-6-5-7-17(12-15)25-3)21-22-20(23)27-14(2)19(24)26-4/h5-12,14H,1-4H3/t14-/m1/s1. The Hall–Kier alpha value is -2.80. The fourth-order valence-electron chi connectivity index (χ4n) is 2.59. The van der Waals surface area contributed by atoms with E-state index >= 15 is 0 Å². The van der Waals surface area contributed by atoms with Crippen molar-refractivity contribution in [1.29, 1.82) is 0 Å². The van der Waals surface area contributed by atoms with E-state index in [1.807, 2.05) is 60.0 Å². The zero-order chi connectivity index (χ0) is 19.4. The van der Waals surface area contributed by atoms with Crippen molar-refractivity contribution in [3.8, 4) is 22.8 Å². The molecule has 6 nitrogen and oxygen atoms in total. The summed E-state index contributed by atoms with van der Waals surface area (Å²) in [5.41, 5.74) is 2.95. The summed E-state index contributed by atoms with van der Waals surface area (Å²) in [6.45, 7) is 3.82. The second-order valence-electron chi connectivity index (χ2n) is 5.99. The maximum atomic E-state index is 11.9. The van der Waals surface area contributed by atoms with E-state index in [2.05, 4.69) is 10.2 Å². The van der Waals surface area contributed by atoms with Crippen LogP contribution in [-0.4, -0.2) is 40.2 Å². The number of nitrogens with zero attached hydrogens (tertiary/aromatic N) is 3. The number of thioether (sulfide) groups is 1. The molecule has 0 unspecified atom stereocenters. The van der Waals surface area contributed by atoms with Crippen LogP contribution in [0.3, 0.4) is 0 Å². The number of hydrogen-bond donors (Lipinski definition) is 0. The van der Waals surface area contributed by atoms with Gasteiger partial charge in [-0.15, -0.1) is 10.2 Å². The van der Waals surface area contributed by atoms with E-state index in [9.17, 15) is 4.79 Å². The lowest BCUT2D eigenvalue weighted by Gasteiger charge is -2.13. The molecular weight excluding hydrogens is 362 g/mol. The van der Waals surface area contributed by atoms with Gasteiger partial charge in [0.05, 0.1) is 14.2 Å². The normalized spacial score (nSPS) is 11.9. The predicted octanol–water partition coefficient (Wildman–Crippen LogP) is 3.90. The van der Waals surface area contributed by atoms with Crippen molar-refractivity contribution in [1.82, 2.24) is 14.8 Å². The molecule has 7 heteroatoms. The highest BCUT2D eigenvalue weighted by atomic mass is 32.2. The van der Waals surface area contributed by atoms with E-state index in [-0.39, 0.29) is 5.97 Å². The van der Waals surface area contributed by atoms with Crippen LogP contribution in [0.5, 0.6) is 5.75 Å². The molecule has 0 aliphatic heterocycles. The van der Waals surface area contributed by atoms with Crippen molar-refractivity contribution in [2.75, 3.05) is 14.2 Å². The Morgan fingerprint density at radius 1 is 1.11 bits per heavy atom. The fourth-order valence-corrected chi connectivity index (χ4v) is 3.49. The van der Waals surface area contributed by atoms with E-state index in [1.165, 1.54) is 18.9 Å². The molecule has 3 aromatic rings. The van der Waals surface area contributed by atoms with Gasteiger partial charge in [-0.2, -0.15) is 0 Å². The third kappa shape index (κ3) is 4.14. The van der Waals surface area contributed by atoms with E-state index in [4.69, 9.17) is 9.47 Å². The second kappa shape index (κ2) is 8.26. The van der Waals surface area contributed by atoms with Crippen LogP contribution in [0.25, 0.3) is 17.1 Å². The number of aromatic nitrogens is 3. The van der Waals surface area contributed by atoms with Crippen molar-refractivity contribution in [3.05, 3.63) is 54.1 Å². The first kappa shape index (κ1) is 19.0. The molecule has 0 spiro atoms. The molecule has 0 bridgehead atoms. The van der Waals surface area contributed by atoms with E-state index in [0.717, 1.165) is 22.6 Å². The summed E-state index contributed by atoms with van der Waals surface area (Å²) < 4.78 is 12.1. The highest BCUT2D eigenvalue weighted by Crippen LogP contribution is 2.31. The summed E-state index contributed by atoms with van der Waals surface area (Å²) in [7, 11) is 3.01. The Morgan fingerprint density at radius 2 is 1.85 bits per heavy atom. The van der Waals surface area contributed by atoms with Gasteiger partial charge in [0.2, 0.25) is 0 Å². The molecular formula is C20H21N3O3S. The molecule has 0 radical (unpaired) electrons. The molecule has 0 saturated carbocycles. The molecule has 3 rings (SSSR count). The molecule has 140 valence electrons. The van der Waals surface area contributed by atoms with E-state index in [0.29, 0.717) is 11.0 Å². The summed E-state index contributed by atoms with van der Waals surface area (Å²) in [6.07, 6.45) is 0. The Morgan fingerprint density at radius 3 is 2.52 bits per heavy atom. The number of hydrogen-bond acceptors (Lipinski definition) is 6. The number of carbonyl (C=O) groups is 1.